The summed E-state index contributed by atoms with van der Waals surface area (Å²) in [6.45, 7) is 1.88. The molecule has 2 aromatic carbocycles. The standard InChI is InChI=1S/C15H11Cl2N3/c1-10(12-4-2-11(9-18)3-5-12)19-20-15-7-13(16)6-14(17)8-15/h2-8,20H,1H3/b19-10-. The molecule has 0 heterocycles. The number of rotatable bonds is 3. The Bertz CT molecular complexity index is 665. The normalized spacial score (nSPS) is 11.0. The van der Waals surface area contributed by atoms with Gasteiger partial charge in [0.2, 0.25) is 0 Å². The maximum absolute atomic E-state index is 8.75. The summed E-state index contributed by atoms with van der Waals surface area (Å²) in [5.74, 6) is 0. The van der Waals surface area contributed by atoms with Crippen LogP contribution in [-0.4, -0.2) is 5.71 Å². The Kier molecular flexibility index (Phi) is 4.62. The molecule has 0 aliphatic carbocycles. The van der Waals surface area contributed by atoms with Gasteiger partial charge in [-0.1, -0.05) is 35.3 Å². The molecular formula is C15H11Cl2N3. The monoisotopic (exact) mass is 303 g/mol. The first kappa shape index (κ1) is 14.4. The third-order valence-electron chi connectivity index (χ3n) is 2.65. The number of hydrogen-bond acceptors (Lipinski definition) is 3. The third-order valence-corrected chi connectivity index (χ3v) is 3.08. The highest BCUT2D eigenvalue weighted by Crippen LogP contribution is 2.22. The van der Waals surface area contributed by atoms with Crippen LogP contribution in [0, 0.1) is 11.3 Å². The molecule has 5 heteroatoms. The van der Waals surface area contributed by atoms with Gasteiger partial charge in [-0.25, -0.2) is 0 Å². The molecule has 0 fully saturated rings. The van der Waals surface area contributed by atoms with E-state index in [9.17, 15) is 0 Å². The van der Waals surface area contributed by atoms with Gasteiger partial charge in [-0.15, -0.1) is 0 Å². The quantitative estimate of drug-likeness (QED) is 0.660. The molecule has 0 bridgehead atoms. The molecule has 0 unspecified atom stereocenters. The van der Waals surface area contributed by atoms with Crippen LogP contribution in [-0.2, 0) is 0 Å². The first-order valence-electron chi connectivity index (χ1n) is 5.85. The van der Waals surface area contributed by atoms with Crippen LogP contribution >= 0.6 is 23.2 Å². The Morgan fingerprint density at radius 1 is 1.10 bits per heavy atom. The van der Waals surface area contributed by atoms with Crippen LogP contribution in [0.2, 0.25) is 10.0 Å². The van der Waals surface area contributed by atoms with Crippen molar-refractivity contribution in [2.75, 3.05) is 5.43 Å². The summed E-state index contributed by atoms with van der Waals surface area (Å²) in [6.07, 6.45) is 0. The van der Waals surface area contributed by atoms with Crippen LogP contribution in [0.4, 0.5) is 5.69 Å². The zero-order chi connectivity index (χ0) is 14.5. The third kappa shape index (κ3) is 3.74. The predicted molar refractivity (Wildman–Crippen MR) is 83.5 cm³/mol. The maximum Gasteiger partial charge on any atom is 0.0991 e. The van der Waals surface area contributed by atoms with Gasteiger partial charge in [-0.2, -0.15) is 10.4 Å². The minimum atomic E-state index is 0.547. The van der Waals surface area contributed by atoms with Crippen molar-refractivity contribution < 1.29 is 0 Å². The summed E-state index contributed by atoms with van der Waals surface area (Å²) in [6, 6.07) is 14.4. The van der Waals surface area contributed by atoms with Gasteiger partial charge in [0, 0.05) is 10.0 Å². The summed E-state index contributed by atoms with van der Waals surface area (Å²) in [5, 5.41) is 14.1. The second-order valence-electron chi connectivity index (χ2n) is 4.16. The minimum absolute atomic E-state index is 0.547. The predicted octanol–water partition coefficient (Wildman–Crippen LogP) is 4.70. The fourth-order valence-corrected chi connectivity index (χ4v) is 2.14. The van der Waals surface area contributed by atoms with E-state index in [0.29, 0.717) is 15.6 Å². The Hall–Kier alpha value is -2.02. The van der Waals surface area contributed by atoms with Gasteiger partial charge in [0.05, 0.1) is 23.0 Å². The molecule has 0 aliphatic rings. The lowest BCUT2D eigenvalue weighted by molar-refractivity contribution is 1.32. The number of nitrogens with zero attached hydrogens (tertiary/aromatic N) is 2. The van der Waals surface area contributed by atoms with Gasteiger partial charge in [0.1, 0.15) is 0 Å². The molecule has 1 N–H and O–H groups in total. The van der Waals surface area contributed by atoms with Crippen molar-refractivity contribution in [2.45, 2.75) is 6.92 Å². The molecule has 0 amide bonds. The Labute approximate surface area is 127 Å². The summed E-state index contributed by atoms with van der Waals surface area (Å²) >= 11 is 11.8. The molecular weight excluding hydrogens is 293 g/mol. The second-order valence-corrected chi connectivity index (χ2v) is 5.03. The lowest BCUT2D eigenvalue weighted by atomic mass is 10.1. The topological polar surface area (TPSA) is 48.2 Å². The molecule has 0 radical (unpaired) electrons. The average Bonchev–Trinajstić information content (AvgIpc) is 2.44. The molecule has 2 aromatic rings. The van der Waals surface area contributed by atoms with Crippen LogP contribution in [0.1, 0.15) is 18.1 Å². The van der Waals surface area contributed by atoms with Crippen molar-refractivity contribution in [1.29, 1.82) is 5.26 Å². The zero-order valence-electron chi connectivity index (χ0n) is 10.7. The van der Waals surface area contributed by atoms with Crippen molar-refractivity contribution in [3.8, 4) is 6.07 Å². The molecule has 100 valence electrons. The second kappa shape index (κ2) is 6.42. The number of nitriles is 1. The lowest BCUT2D eigenvalue weighted by Crippen LogP contribution is -1.99. The van der Waals surface area contributed by atoms with Crippen molar-refractivity contribution in [3.05, 3.63) is 63.6 Å². The number of nitrogens with one attached hydrogen (secondary N) is 1. The largest absolute Gasteiger partial charge is 0.278 e. The highest BCUT2D eigenvalue weighted by molar-refractivity contribution is 6.35. The molecule has 0 spiro atoms. The highest BCUT2D eigenvalue weighted by atomic mass is 35.5. The Balaban J connectivity index is 2.15. The zero-order valence-corrected chi connectivity index (χ0v) is 12.2. The van der Waals surface area contributed by atoms with Gasteiger partial charge in [-0.05, 0) is 42.8 Å². The molecule has 0 aliphatic heterocycles. The molecule has 3 nitrogen and oxygen atoms in total. The summed E-state index contributed by atoms with van der Waals surface area (Å²) in [7, 11) is 0. The van der Waals surface area contributed by atoms with Gasteiger partial charge < -0.3 is 0 Å². The number of benzene rings is 2. The number of hydrazone groups is 1. The van der Waals surface area contributed by atoms with E-state index in [0.717, 1.165) is 17.0 Å². The Morgan fingerprint density at radius 2 is 1.70 bits per heavy atom. The van der Waals surface area contributed by atoms with Crippen molar-refractivity contribution in [1.82, 2.24) is 0 Å². The van der Waals surface area contributed by atoms with Gasteiger partial charge in [0.15, 0.2) is 0 Å². The van der Waals surface area contributed by atoms with E-state index in [1.54, 1.807) is 30.3 Å². The van der Waals surface area contributed by atoms with E-state index in [-0.39, 0.29) is 0 Å². The molecule has 20 heavy (non-hydrogen) atoms. The lowest BCUT2D eigenvalue weighted by Gasteiger charge is -2.05. The van der Waals surface area contributed by atoms with Crippen molar-refractivity contribution in [2.24, 2.45) is 5.10 Å². The van der Waals surface area contributed by atoms with E-state index in [4.69, 9.17) is 28.5 Å². The molecule has 0 atom stereocenters. The van der Waals surface area contributed by atoms with E-state index in [1.807, 2.05) is 19.1 Å². The van der Waals surface area contributed by atoms with Crippen molar-refractivity contribution >= 4 is 34.6 Å². The maximum atomic E-state index is 8.75. The minimum Gasteiger partial charge on any atom is -0.278 e. The fraction of sp³-hybridized carbons (Fsp3) is 0.0667. The smallest absolute Gasteiger partial charge is 0.0991 e. The molecule has 0 saturated carbocycles. The SMILES string of the molecule is C/C(=N/Nc1cc(Cl)cc(Cl)c1)c1ccc(C#N)cc1. The van der Waals surface area contributed by atoms with Gasteiger partial charge >= 0.3 is 0 Å². The van der Waals surface area contributed by atoms with Crippen molar-refractivity contribution in [3.63, 3.8) is 0 Å². The van der Waals surface area contributed by atoms with Crippen LogP contribution < -0.4 is 5.43 Å². The van der Waals surface area contributed by atoms with Gasteiger partial charge in [0.25, 0.3) is 0 Å². The van der Waals surface area contributed by atoms with Crippen LogP contribution in [0.25, 0.3) is 0 Å². The van der Waals surface area contributed by atoms with E-state index in [1.165, 1.54) is 0 Å². The van der Waals surface area contributed by atoms with E-state index < -0.39 is 0 Å². The van der Waals surface area contributed by atoms with E-state index >= 15 is 0 Å². The molecule has 2 rings (SSSR count). The van der Waals surface area contributed by atoms with E-state index in [2.05, 4.69) is 16.6 Å². The highest BCUT2D eigenvalue weighted by Gasteiger charge is 2.00. The first-order valence-corrected chi connectivity index (χ1v) is 6.61. The average molecular weight is 304 g/mol. The molecule has 0 aromatic heterocycles. The number of hydrogen-bond donors (Lipinski definition) is 1. The van der Waals surface area contributed by atoms with Crippen LogP contribution in [0.3, 0.4) is 0 Å². The van der Waals surface area contributed by atoms with Crippen LogP contribution in [0.5, 0.6) is 0 Å². The Morgan fingerprint density at radius 3 is 2.25 bits per heavy atom. The number of anilines is 1. The molecule has 0 saturated heterocycles. The first-order chi connectivity index (χ1) is 9.58. The summed E-state index contributed by atoms with van der Waals surface area (Å²) in [5.41, 5.74) is 5.98. The summed E-state index contributed by atoms with van der Waals surface area (Å²) in [4.78, 5) is 0. The van der Waals surface area contributed by atoms with Gasteiger partial charge in [-0.3, -0.25) is 5.43 Å². The van der Waals surface area contributed by atoms with Crippen LogP contribution in [0.15, 0.2) is 47.6 Å². The summed E-state index contributed by atoms with van der Waals surface area (Å²) < 4.78 is 0. The number of halogens is 2. The fourth-order valence-electron chi connectivity index (χ4n) is 1.62.